The first-order valence-electron chi connectivity index (χ1n) is 5.86. The molecule has 1 aromatic rings. The Labute approximate surface area is 105 Å². The summed E-state index contributed by atoms with van der Waals surface area (Å²) in [4.78, 5) is 6.03. The fourth-order valence-electron chi connectivity index (χ4n) is 1.48. The van der Waals surface area contributed by atoms with Crippen LogP contribution >= 0.6 is 0 Å². The minimum atomic E-state index is -4.15. The maximum Gasteiger partial charge on any atom is 0.401 e. The quantitative estimate of drug-likeness (QED) is 0.796. The first-order chi connectivity index (χ1) is 8.42. The van der Waals surface area contributed by atoms with E-state index >= 15 is 0 Å². The average Bonchev–Trinajstić information content (AvgIpc) is 2.33. The Balaban J connectivity index is 2.38. The maximum absolute atomic E-state index is 11.9. The van der Waals surface area contributed by atoms with Crippen molar-refractivity contribution in [1.82, 2.24) is 10.3 Å². The van der Waals surface area contributed by atoms with E-state index in [2.05, 4.69) is 10.3 Å². The molecule has 0 spiro atoms. The molecule has 0 aliphatic rings. The van der Waals surface area contributed by atoms with E-state index in [1.807, 2.05) is 31.0 Å². The number of alkyl halides is 3. The molecule has 0 atom stereocenters. The number of pyridine rings is 1. The highest BCUT2D eigenvalue weighted by Crippen LogP contribution is 2.13. The van der Waals surface area contributed by atoms with Crippen molar-refractivity contribution in [2.75, 3.05) is 31.6 Å². The van der Waals surface area contributed by atoms with E-state index in [4.69, 9.17) is 0 Å². The molecule has 0 aliphatic heterocycles. The molecule has 1 aromatic heterocycles. The number of likely N-dealkylation sites (N-methyl/N-ethyl adjacent to an activating group) is 1. The lowest BCUT2D eigenvalue weighted by atomic mass is 10.2. The average molecular weight is 261 g/mol. The van der Waals surface area contributed by atoms with E-state index in [9.17, 15) is 13.2 Å². The van der Waals surface area contributed by atoms with Crippen LogP contribution in [0, 0.1) is 0 Å². The number of hydrogen-bond acceptors (Lipinski definition) is 3. The number of nitrogens with one attached hydrogen (secondary N) is 1. The summed E-state index contributed by atoms with van der Waals surface area (Å²) in [5.74, 6) is 0.781. The van der Waals surface area contributed by atoms with E-state index in [1.165, 1.54) is 0 Å². The van der Waals surface area contributed by atoms with Crippen LogP contribution in [0.15, 0.2) is 18.3 Å². The van der Waals surface area contributed by atoms with Crippen molar-refractivity contribution in [3.8, 4) is 0 Å². The van der Waals surface area contributed by atoms with Gasteiger partial charge in [0.2, 0.25) is 0 Å². The van der Waals surface area contributed by atoms with Gasteiger partial charge in [0.25, 0.3) is 0 Å². The lowest BCUT2D eigenvalue weighted by Crippen LogP contribution is -2.35. The second-order valence-corrected chi connectivity index (χ2v) is 4.09. The lowest BCUT2D eigenvalue weighted by molar-refractivity contribution is -0.124. The van der Waals surface area contributed by atoms with Gasteiger partial charge in [-0.3, -0.25) is 0 Å². The monoisotopic (exact) mass is 261 g/mol. The van der Waals surface area contributed by atoms with E-state index in [1.54, 1.807) is 6.20 Å². The molecule has 102 valence electrons. The fraction of sp³-hybridized carbons (Fsp3) is 0.583. The molecule has 0 aliphatic carbocycles. The van der Waals surface area contributed by atoms with Crippen LogP contribution in [0.25, 0.3) is 0 Å². The topological polar surface area (TPSA) is 28.2 Å². The number of aryl methyl sites for hydroxylation is 1. The molecule has 0 saturated carbocycles. The Kier molecular flexibility index (Phi) is 5.40. The molecule has 6 heteroatoms. The van der Waals surface area contributed by atoms with Crippen molar-refractivity contribution in [2.24, 2.45) is 0 Å². The fourth-order valence-corrected chi connectivity index (χ4v) is 1.48. The van der Waals surface area contributed by atoms with Gasteiger partial charge in [-0.25, -0.2) is 4.98 Å². The summed E-state index contributed by atoms with van der Waals surface area (Å²) < 4.78 is 35.7. The van der Waals surface area contributed by atoms with Gasteiger partial charge in [0.15, 0.2) is 0 Å². The Bertz CT molecular complexity index is 366. The molecule has 3 nitrogen and oxygen atoms in total. The van der Waals surface area contributed by atoms with Gasteiger partial charge in [-0.2, -0.15) is 13.2 Å². The molecule has 0 unspecified atom stereocenters. The van der Waals surface area contributed by atoms with Crippen LogP contribution in [-0.2, 0) is 6.42 Å². The Morgan fingerprint density at radius 2 is 2.11 bits per heavy atom. The van der Waals surface area contributed by atoms with Gasteiger partial charge < -0.3 is 10.2 Å². The minimum absolute atomic E-state index is 0.272. The zero-order chi connectivity index (χ0) is 13.6. The number of aromatic nitrogens is 1. The van der Waals surface area contributed by atoms with Gasteiger partial charge in [-0.15, -0.1) is 0 Å². The van der Waals surface area contributed by atoms with E-state index in [-0.39, 0.29) is 6.54 Å². The van der Waals surface area contributed by atoms with Crippen LogP contribution in [-0.4, -0.2) is 37.8 Å². The van der Waals surface area contributed by atoms with Crippen molar-refractivity contribution in [2.45, 2.75) is 19.5 Å². The molecule has 0 fully saturated rings. The summed E-state index contributed by atoms with van der Waals surface area (Å²) in [6, 6.07) is 3.88. The SMILES string of the molecule is CCc1ccnc(N(C)CCNCC(F)(F)F)c1. The first kappa shape index (κ1) is 14.8. The number of nitrogens with zero attached hydrogens (tertiary/aromatic N) is 2. The summed E-state index contributed by atoms with van der Waals surface area (Å²) in [5.41, 5.74) is 1.16. The van der Waals surface area contributed by atoms with Crippen molar-refractivity contribution >= 4 is 5.82 Å². The van der Waals surface area contributed by atoms with Crippen molar-refractivity contribution in [1.29, 1.82) is 0 Å². The van der Waals surface area contributed by atoms with Gasteiger partial charge >= 0.3 is 6.18 Å². The minimum Gasteiger partial charge on any atom is -0.358 e. The number of hydrogen-bond donors (Lipinski definition) is 1. The van der Waals surface area contributed by atoms with Crippen molar-refractivity contribution in [3.63, 3.8) is 0 Å². The third kappa shape index (κ3) is 5.35. The predicted molar refractivity (Wildman–Crippen MR) is 65.8 cm³/mol. The highest BCUT2D eigenvalue weighted by atomic mass is 19.4. The van der Waals surface area contributed by atoms with Crippen molar-refractivity contribution in [3.05, 3.63) is 23.9 Å². The largest absolute Gasteiger partial charge is 0.401 e. The first-order valence-corrected chi connectivity index (χ1v) is 5.86. The highest BCUT2D eigenvalue weighted by Gasteiger charge is 2.25. The van der Waals surface area contributed by atoms with Gasteiger partial charge in [-0.05, 0) is 24.1 Å². The Morgan fingerprint density at radius 1 is 1.39 bits per heavy atom. The molecular formula is C12H18F3N3. The van der Waals surface area contributed by atoms with Crippen LogP contribution in [0.2, 0.25) is 0 Å². The van der Waals surface area contributed by atoms with Gasteiger partial charge in [-0.1, -0.05) is 6.92 Å². The highest BCUT2D eigenvalue weighted by molar-refractivity contribution is 5.39. The molecular weight excluding hydrogens is 243 g/mol. The molecule has 0 amide bonds. The van der Waals surface area contributed by atoms with Crippen LogP contribution in [0.4, 0.5) is 19.0 Å². The van der Waals surface area contributed by atoms with Gasteiger partial charge in [0, 0.05) is 26.3 Å². The van der Waals surface area contributed by atoms with E-state index in [0.29, 0.717) is 6.54 Å². The van der Waals surface area contributed by atoms with Crippen LogP contribution < -0.4 is 10.2 Å². The van der Waals surface area contributed by atoms with Crippen LogP contribution in [0.5, 0.6) is 0 Å². The summed E-state index contributed by atoms with van der Waals surface area (Å²) in [7, 11) is 1.82. The van der Waals surface area contributed by atoms with Crippen LogP contribution in [0.3, 0.4) is 0 Å². The summed E-state index contributed by atoms with van der Waals surface area (Å²) in [6.45, 7) is 1.84. The second-order valence-electron chi connectivity index (χ2n) is 4.09. The second kappa shape index (κ2) is 6.58. The normalized spacial score (nSPS) is 11.6. The maximum atomic E-state index is 11.9. The molecule has 1 N–H and O–H groups in total. The third-order valence-electron chi connectivity index (χ3n) is 2.56. The molecule has 18 heavy (non-hydrogen) atoms. The molecule has 1 heterocycles. The molecule has 0 bridgehead atoms. The standard InChI is InChI=1S/C12H18F3N3/c1-3-10-4-5-17-11(8-10)18(2)7-6-16-9-12(13,14)15/h4-5,8,16H,3,6-7,9H2,1-2H3. The number of anilines is 1. The summed E-state index contributed by atoms with van der Waals surface area (Å²) in [6.07, 6.45) is -1.53. The third-order valence-corrected chi connectivity index (χ3v) is 2.56. The molecule has 0 aromatic carbocycles. The van der Waals surface area contributed by atoms with E-state index < -0.39 is 12.7 Å². The molecule has 0 radical (unpaired) electrons. The molecule has 0 saturated heterocycles. The van der Waals surface area contributed by atoms with E-state index in [0.717, 1.165) is 17.8 Å². The smallest absolute Gasteiger partial charge is 0.358 e. The van der Waals surface area contributed by atoms with Gasteiger partial charge in [0.05, 0.1) is 6.54 Å². The summed E-state index contributed by atoms with van der Waals surface area (Å²) >= 11 is 0. The molecule has 1 rings (SSSR count). The zero-order valence-corrected chi connectivity index (χ0v) is 10.6. The number of rotatable bonds is 6. The predicted octanol–water partition coefficient (Wildman–Crippen LogP) is 2.23. The Hall–Kier alpha value is -1.30. The Morgan fingerprint density at radius 3 is 2.72 bits per heavy atom. The van der Waals surface area contributed by atoms with Crippen LogP contribution in [0.1, 0.15) is 12.5 Å². The number of halogens is 3. The van der Waals surface area contributed by atoms with Crippen molar-refractivity contribution < 1.29 is 13.2 Å². The zero-order valence-electron chi connectivity index (χ0n) is 10.6. The lowest BCUT2D eigenvalue weighted by Gasteiger charge is -2.19. The summed E-state index contributed by atoms with van der Waals surface area (Å²) in [5, 5.41) is 2.36. The van der Waals surface area contributed by atoms with Gasteiger partial charge in [0.1, 0.15) is 5.82 Å².